The number of aromatic nitrogens is 3. The molecular weight excluding hydrogens is 413 g/mol. The highest BCUT2D eigenvalue weighted by Gasteiger charge is 2.27. The molecule has 1 aliphatic rings. The Morgan fingerprint density at radius 3 is 2.70 bits per heavy atom. The van der Waals surface area contributed by atoms with Crippen LogP contribution in [0.2, 0.25) is 5.02 Å². The molecule has 0 bridgehead atoms. The lowest BCUT2D eigenvalue weighted by Gasteiger charge is -2.32. The van der Waals surface area contributed by atoms with Crippen LogP contribution in [0.4, 0.5) is 4.39 Å². The molecule has 2 N–H and O–H groups in total. The first-order valence-corrected chi connectivity index (χ1v) is 9.84. The quantitative estimate of drug-likeness (QED) is 0.663. The second-order valence-electron chi connectivity index (χ2n) is 7.29. The number of carbonyl (C=O) groups excluding carboxylic acids is 2. The first-order chi connectivity index (χ1) is 14.3. The van der Waals surface area contributed by atoms with E-state index in [4.69, 9.17) is 11.6 Å². The van der Waals surface area contributed by atoms with Gasteiger partial charge in [-0.2, -0.15) is 5.10 Å². The third-order valence-corrected chi connectivity index (χ3v) is 5.42. The van der Waals surface area contributed by atoms with Crippen LogP contribution in [0.5, 0.6) is 0 Å². The molecule has 1 aromatic carbocycles. The van der Waals surface area contributed by atoms with Crippen molar-refractivity contribution in [1.29, 1.82) is 0 Å². The van der Waals surface area contributed by atoms with Crippen molar-refractivity contribution in [2.24, 2.45) is 0 Å². The number of aromatic amines is 1. The summed E-state index contributed by atoms with van der Waals surface area (Å²) < 4.78 is 14.6. The lowest BCUT2D eigenvalue weighted by molar-refractivity contribution is 0.0692. The van der Waals surface area contributed by atoms with Gasteiger partial charge in [0.25, 0.3) is 17.4 Å². The van der Waals surface area contributed by atoms with Gasteiger partial charge in [-0.1, -0.05) is 11.6 Å². The molecule has 2 amide bonds. The first kappa shape index (κ1) is 20.1. The monoisotopic (exact) mass is 431 g/mol. The molecule has 1 aliphatic heterocycles. The highest BCUT2D eigenvalue weighted by molar-refractivity contribution is 6.33. The van der Waals surface area contributed by atoms with E-state index in [0.717, 1.165) is 6.07 Å². The lowest BCUT2D eigenvalue weighted by atomic mass is 10.0. The van der Waals surface area contributed by atoms with Crippen LogP contribution in [0.25, 0.3) is 5.52 Å². The smallest absolute Gasteiger partial charge is 0.274 e. The van der Waals surface area contributed by atoms with Crippen LogP contribution in [-0.2, 0) is 0 Å². The highest BCUT2D eigenvalue weighted by Crippen LogP contribution is 2.19. The minimum absolute atomic E-state index is 0.0530. The number of likely N-dealkylation sites (tertiary alicyclic amines) is 1. The number of aryl methyl sites for hydroxylation is 1. The molecule has 0 unspecified atom stereocenters. The maximum atomic E-state index is 13.2. The number of H-pyrrole nitrogens is 1. The summed E-state index contributed by atoms with van der Waals surface area (Å²) in [4.78, 5) is 41.5. The van der Waals surface area contributed by atoms with E-state index < -0.39 is 5.82 Å². The van der Waals surface area contributed by atoms with Gasteiger partial charge in [0.15, 0.2) is 5.69 Å². The number of nitrogens with zero attached hydrogens (tertiary/aromatic N) is 3. The minimum Gasteiger partial charge on any atom is -0.349 e. The zero-order chi connectivity index (χ0) is 21.4. The van der Waals surface area contributed by atoms with Gasteiger partial charge in [-0.3, -0.25) is 14.4 Å². The Kier molecular flexibility index (Phi) is 5.29. The molecule has 0 saturated carbocycles. The molecule has 0 spiro atoms. The fourth-order valence-electron chi connectivity index (χ4n) is 3.55. The first-order valence-electron chi connectivity index (χ1n) is 9.46. The van der Waals surface area contributed by atoms with Crippen LogP contribution in [0.1, 0.15) is 39.4 Å². The molecule has 0 atom stereocenters. The zero-order valence-corrected chi connectivity index (χ0v) is 16.9. The Balaban J connectivity index is 1.39. The second kappa shape index (κ2) is 7.91. The second-order valence-corrected chi connectivity index (χ2v) is 7.70. The molecule has 30 heavy (non-hydrogen) atoms. The summed E-state index contributed by atoms with van der Waals surface area (Å²) in [5.41, 5.74) is 1.06. The number of nitrogens with one attached hydrogen (secondary N) is 2. The lowest BCUT2D eigenvalue weighted by Crippen LogP contribution is -2.46. The average molecular weight is 432 g/mol. The molecule has 2 aromatic heterocycles. The zero-order valence-electron chi connectivity index (χ0n) is 16.1. The molecular formula is C20H19ClFN5O3. The number of amides is 2. The van der Waals surface area contributed by atoms with E-state index in [0.29, 0.717) is 37.1 Å². The SMILES string of the molecule is Cc1cn2nc(C(=O)N3CCC(NC(=O)c4ccc(F)cc4Cl)CC3)cc2c(=O)[nH]1. The molecule has 156 valence electrons. The van der Waals surface area contributed by atoms with Crippen LogP contribution in [0.3, 0.4) is 0 Å². The Morgan fingerprint density at radius 2 is 2.00 bits per heavy atom. The van der Waals surface area contributed by atoms with Crippen molar-refractivity contribution in [1.82, 2.24) is 24.8 Å². The van der Waals surface area contributed by atoms with Crippen LogP contribution in [0, 0.1) is 12.7 Å². The number of piperidine rings is 1. The van der Waals surface area contributed by atoms with E-state index in [1.54, 1.807) is 18.0 Å². The Morgan fingerprint density at radius 1 is 1.27 bits per heavy atom. The third kappa shape index (κ3) is 3.93. The number of hydrogen-bond donors (Lipinski definition) is 2. The van der Waals surface area contributed by atoms with E-state index in [9.17, 15) is 18.8 Å². The molecule has 0 radical (unpaired) electrons. The van der Waals surface area contributed by atoms with Gasteiger partial charge in [0.2, 0.25) is 0 Å². The van der Waals surface area contributed by atoms with Crippen molar-refractivity contribution < 1.29 is 14.0 Å². The Labute approximate surface area is 175 Å². The van der Waals surface area contributed by atoms with Crippen molar-refractivity contribution in [2.45, 2.75) is 25.8 Å². The summed E-state index contributed by atoms with van der Waals surface area (Å²) in [7, 11) is 0. The summed E-state index contributed by atoms with van der Waals surface area (Å²) in [5.74, 6) is -1.14. The normalized spacial score (nSPS) is 14.8. The fraction of sp³-hybridized carbons (Fsp3) is 0.300. The van der Waals surface area contributed by atoms with Crippen molar-refractivity contribution >= 4 is 28.9 Å². The number of hydrogen-bond acceptors (Lipinski definition) is 4. The number of halogens is 2. The van der Waals surface area contributed by atoms with E-state index in [1.807, 2.05) is 0 Å². The summed E-state index contributed by atoms with van der Waals surface area (Å²) in [5, 5.41) is 7.16. The van der Waals surface area contributed by atoms with Crippen LogP contribution < -0.4 is 10.9 Å². The van der Waals surface area contributed by atoms with E-state index in [1.165, 1.54) is 22.7 Å². The predicted molar refractivity (Wildman–Crippen MR) is 108 cm³/mol. The molecule has 1 fully saturated rings. The van der Waals surface area contributed by atoms with Gasteiger partial charge in [0, 0.05) is 37.1 Å². The summed E-state index contributed by atoms with van der Waals surface area (Å²) in [6.07, 6.45) is 2.77. The van der Waals surface area contributed by atoms with Gasteiger partial charge < -0.3 is 15.2 Å². The highest BCUT2D eigenvalue weighted by atomic mass is 35.5. The number of benzene rings is 1. The minimum atomic E-state index is -0.507. The van der Waals surface area contributed by atoms with Gasteiger partial charge in [0.1, 0.15) is 11.3 Å². The summed E-state index contributed by atoms with van der Waals surface area (Å²) in [6.45, 7) is 2.61. The molecule has 1 saturated heterocycles. The molecule has 3 aromatic rings. The van der Waals surface area contributed by atoms with Gasteiger partial charge in [-0.05, 0) is 38.0 Å². The molecule has 0 aliphatic carbocycles. The Bertz CT molecular complexity index is 1200. The number of rotatable bonds is 3. The van der Waals surface area contributed by atoms with Crippen LogP contribution in [0.15, 0.2) is 35.3 Å². The van der Waals surface area contributed by atoms with Gasteiger partial charge >= 0.3 is 0 Å². The van der Waals surface area contributed by atoms with Crippen molar-refractivity contribution in [2.75, 3.05) is 13.1 Å². The average Bonchev–Trinajstić information content (AvgIpc) is 3.12. The predicted octanol–water partition coefficient (Wildman–Crippen LogP) is 2.16. The van der Waals surface area contributed by atoms with Crippen molar-refractivity contribution in [3.05, 3.63) is 68.6 Å². The Hall–Kier alpha value is -3.20. The van der Waals surface area contributed by atoms with Gasteiger partial charge in [-0.15, -0.1) is 0 Å². The van der Waals surface area contributed by atoms with Crippen LogP contribution in [-0.4, -0.2) is 50.4 Å². The van der Waals surface area contributed by atoms with Crippen molar-refractivity contribution in [3.8, 4) is 0 Å². The summed E-state index contributed by atoms with van der Waals surface area (Å²) in [6, 6.07) is 4.97. The van der Waals surface area contributed by atoms with E-state index in [2.05, 4.69) is 15.4 Å². The molecule has 4 rings (SSSR count). The fourth-order valence-corrected chi connectivity index (χ4v) is 3.80. The molecule has 8 nitrogen and oxygen atoms in total. The number of fused-ring (bicyclic) bond motifs is 1. The van der Waals surface area contributed by atoms with Gasteiger partial charge in [-0.25, -0.2) is 8.91 Å². The van der Waals surface area contributed by atoms with Gasteiger partial charge in [0.05, 0.1) is 10.6 Å². The largest absolute Gasteiger partial charge is 0.349 e. The van der Waals surface area contributed by atoms with Crippen molar-refractivity contribution in [3.63, 3.8) is 0 Å². The maximum absolute atomic E-state index is 13.2. The standard InChI is InChI=1S/C20H19ClFN5O3/c1-11-10-27-17(19(29)23-11)9-16(25-27)20(30)26-6-4-13(5-7-26)24-18(28)14-3-2-12(22)8-15(14)21/h2-3,8-10,13H,4-7H2,1H3,(H,23,29)(H,24,28). The van der Waals surface area contributed by atoms with E-state index >= 15 is 0 Å². The maximum Gasteiger partial charge on any atom is 0.274 e. The number of carbonyl (C=O) groups is 2. The van der Waals surface area contributed by atoms with Crippen LogP contribution >= 0.6 is 11.6 Å². The molecule has 3 heterocycles. The topological polar surface area (TPSA) is 99.6 Å². The van der Waals surface area contributed by atoms with E-state index in [-0.39, 0.29) is 39.7 Å². The summed E-state index contributed by atoms with van der Waals surface area (Å²) >= 11 is 5.94. The molecule has 10 heteroatoms. The third-order valence-electron chi connectivity index (χ3n) is 5.11.